The van der Waals surface area contributed by atoms with Crippen molar-refractivity contribution in [3.05, 3.63) is 57.4 Å². The zero-order valence-corrected chi connectivity index (χ0v) is 13.3. The van der Waals surface area contributed by atoms with Crippen LogP contribution in [0.2, 0.25) is 0 Å². The standard InChI is InChI=1S/C16H13N3O3S/c1-9(20)10-4-3-5-12(6-10)18-14(21)13-7-11(8-17)16(23-2)19-15(13)22/h3-7H,1-2H3,(H,18,21)(H,19,22). The number of thioether (sulfide) groups is 1. The van der Waals surface area contributed by atoms with Gasteiger partial charge in [-0.1, -0.05) is 12.1 Å². The Balaban J connectivity index is 2.35. The van der Waals surface area contributed by atoms with Crippen LogP contribution in [0.1, 0.15) is 33.2 Å². The maximum absolute atomic E-state index is 12.3. The number of nitriles is 1. The summed E-state index contributed by atoms with van der Waals surface area (Å²) in [6, 6.07) is 9.60. The number of anilines is 1. The smallest absolute Gasteiger partial charge is 0.261 e. The normalized spacial score (nSPS) is 9.96. The molecule has 1 heterocycles. The van der Waals surface area contributed by atoms with E-state index in [2.05, 4.69) is 10.3 Å². The number of benzene rings is 1. The molecule has 0 aliphatic rings. The van der Waals surface area contributed by atoms with Crippen LogP contribution in [-0.4, -0.2) is 22.9 Å². The summed E-state index contributed by atoms with van der Waals surface area (Å²) in [4.78, 5) is 38.1. The van der Waals surface area contributed by atoms with Gasteiger partial charge in [-0.25, -0.2) is 0 Å². The van der Waals surface area contributed by atoms with Crippen LogP contribution in [0.25, 0.3) is 0 Å². The van der Waals surface area contributed by atoms with Gasteiger partial charge in [0.2, 0.25) is 0 Å². The molecule has 2 rings (SSSR count). The third-order valence-electron chi connectivity index (χ3n) is 3.10. The number of nitrogens with one attached hydrogen (secondary N) is 2. The summed E-state index contributed by atoms with van der Waals surface area (Å²) in [7, 11) is 0. The molecule has 0 atom stereocenters. The van der Waals surface area contributed by atoms with E-state index in [1.165, 1.54) is 30.8 Å². The molecule has 2 N–H and O–H groups in total. The number of H-pyrrole nitrogens is 1. The zero-order chi connectivity index (χ0) is 17.0. The van der Waals surface area contributed by atoms with Gasteiger partial charge in [0.15, 0.2) is 5.78 Å². The van der Waals surface area contributed by atoms with Gasteiger partial charge in [-0.3, -0.25) is 14.4 Å². The summed E-state index contributed by atoms with van der Waals surface area (Å²) in [5.41, 5.74) is 0.336. The molecule has 0 aliphatic heterocycles. The van der Waals surface area contributed by atoms with E-state index in [4.69, 9.17) is 5.26 Å². The molecule has 0 unspecified atom stereocenters. The summed E-state index contributed by atoms with van der Waals surface area (Å²) in [5.74, 6) is -0.772. The van der Waals surface area contributed by atoms with E-state index in [0.29, 0.717) is 16.3 Å². The number of ketones is 1. The largest absolute Gasteiger partial charge is 0.322 e. The van der Waals surface area contributed by atoms with Crippen LogP contribution in [-0.2, 0) is 0 Å². The number of Topliss-reactive ketones (excluding diaryl/α,β-unsaturated/α-hetero) is 1. The van der Waals surface area contributed by atoms with Crippen molar-refractivity contribution < 1.29 is 9.59 Å². The van der Waals surface area contributed by atoms with E-state index in [1.807, 2.05) is 6.07 Å². The van der Waals surface area contributed by atoms with E-state index in [-0.39, 0.29) is 16.9 Å². The molecule has 1 aromatic carbocycles. The summed E-state index contributed by atoms with van der Waals surface area (Å²) in [6.45, 7) is 1.42. The average molecular weight is 327 g/mol. The van der Waals surface area contributed by atoms with Crippen LogP contribution in [0.3, 0.4) is 0 Å². The van der Waals surface area contributed by atoms with Gasteiger partial charge in [0.05, 0.1) is 10.6 Å². The maximum Gasteiger partial charge on any atom is 0.261 e. The number of carbonyl (C=O) groups excluding carboxylic acids is 2. The lowest BCUT2D eigenvalue weighted by atomic mass is 10.1. The number of hydrogen-bond acceptors (Lipinski definition) is 5. The molecule has 6 nitrogen and oxygen atoms in total. The SMILES string of the molecule is CSc1[nH]c(=O)c(C(=O)Nc2cccc(C(C)=O)c2)cc1C#N. The Morgan fingerprint density at radius 2 is 2.04 bits per heavy atom. The van der Waals surface area contributed by atoms with E-state index < -0.39 is 11.5 Å². The highest BCUT2D eigenvalue weighted by atomic mass is 32.2. The predicted octanol–water partition coefficient (Wildman–Crippen LogP) is 2.42. The quantitative estimate of drug-likeness (QED) is 0.663. The summed E-state index contributed by atoms with van der Waals surface area (Å²) in [6.07, 6.45) is 1.72. The van der Waals surface area contributed by atoms with Gasteiger partial charge in [-0.15, -0.1) is 11.8 Å². The van der Waals surface area contributed by atoms with Crippen LogP contribution in [0.15, 0.2) is 40.2 Å². The number of aromatic amines is 1. The van der Waals surface area contributed by atoms with Gasteiger partial charge in [0, 0.05) is 11.3 Å². The fourth-order valence-electron chi connectivity index (χ4n) is 1.94. The Hall–Kier alpha value is -2.85. The van der Waals surface area contributed by atoms with Gasteiger partial charge in [0.1, 0.15) is 11.6 Å². The second kappa shape index (κ2) is 6.94. The second-order valence-electron chi connectivity index (χ2n) is 4.66. The fraction of sp³-hybridized carbons (Fsp3) is 0.125. The molecule has 0 saturated heterocycles. The molecule has 23 heavy (non-hydrogen) atoms. The number of carbonyl (C=O) groups is 2. The number of rotatable bonds is 4. The molecule has 0 spiro atoms. The van der Waals surface area contributed by atoms with Crippen molar-refractivity contribution in [1.29, 1.82) is 5.26 Å². The van der Waals surface area contributed by atoms with E-state index in [0.717, 1.165) is 0 Å². The maximum atomic E-state index is 12.3. The lowest BCUT2D eigenvalue weighted by Gasteiger charge is -2.07. The molecule has 1 amide bonds. The topological polar surface area (TPSA) is 103 Å². The third kappa shape index (κ3) is 3.67. The Labute approximate surface area is 136 Å². The van der Waals surface area contributed by atoms with Crippen LogP contribution >= 0.6 is 11.8 Å². The first-order chi connectivity index (χ1) is 11.0. The highest BCUT2D eigenvalue weighted by Crippen LogP contribution is 2.17. The Kier molecular flexibility index (Phi) is 4.98. The number of pyridine rings is 1. The first kappa shape index (κ1) is 16.5. The number of nitrogens with zero attached hydrogens (tertiary/aromatic N) is 1. The van der Waals surface area contributed by atoms with Gasteiger partial charge >= 0.3 is 0 Å². The average Bonchev–Trinajstić information content (AvgIpc) is 2.54. The van der Waals surface area contributed by atoms with Crippen molar-refractivity contribution in [1.82, 2.24) is 4.98 Å². The Morgan fingerprint density at radius 3 is 2.65 bits per heavy atom. The van der Waals surface area contributed by atoms with Crippen molar-refractivity contribution in [2.75, 3.05) is 11.6 Å². The number of aromatic nitrogens is 1. The molecule has 0 fully saturated rings. The molecule has 0 radical (unpaired) electrons. The van der Waals surface area contributed by atoms with Crippen molar-refractivity contribution in [3.8, 4) is 6.07 Å². The van der Waals surface area contributed by atoms with Crippen LogP contribution in [0.5, 0.6) is 0 Å². The van der Waals surface area contributed by atoms with Crippen molar-refractivity contribution in [2.45, 2.75) is 11.9 Å². The summed E-state index contributed by atoms with van der Waals surface area (Å²) in [5, 5.41) is 12.0. The zero-order valence-electron chi connectivity index (χ0n) is 12.5. The predicted molar refractivity (Wildman–Crippen MR) is 88.0 cm³/mol. The highest BCUT2D eigenvalue weighted by Gasteiger charge is 2.15. The molecule has 0 saturated carbocycles. The van der Waals surface area contributed by atoms with Crippen LogP contribution < -0.4 is 10.9 Å². The van der Waals surface area contributed by atoms with E-state index in [1.54, 1.807) is 24.5 Å². The minimum atomic E-state index is -0.642. The van der Waals surface area contributed by atoms with Gasteiger partial charge < -0.3 is 10.3 Å². The monoisotopic (exact) mass is 327 g/mol. The molecule has 7 heteroatoms. The van der Waals surface area contributed by atoms with Crippen molar-refractivity contribution in [3.63, 3.8) is 0 Å². The molecule has 0 aliphatic carbocycles. The molecule has 2 aromatic rings. The van der Waals surface area contributed by atoms with E-state index >= 15 is 0 Å². The van der Waals surface area contributed by atoms with Crippen molar-refractivity contribution in [2.24, 2.45) is 0 Å². The van der Waals surface area contributed by atoms with Gasteiger partial charge in [0.25, 0.3) is 11.5 Å². The minimum absolute atomic E-state index is 0.130. The van der Waals surface area contributed by atoms with Gasteiger partial charge in [-0.2, -0.15) is 5.26 Å². The molecule has 0 bridgehead atoms. The number of hydrogen-bond donors (Lipinski definition) is 2. The summed E-state index contributed by atoms with van der Waals surface area (Å²) >= 11 is 1.22. The molecular formula is C16H13N3O3S. The Morgan fingerprint density at radius 1 is 1.30 bits per heavy atom. The van der Waals surface area contributed by atoms with Crippen molar-refractivity contribution >= 4 is 29.1 Å². The molecule has 116 valence electrons. The lowest BCUT2D eigenvalue weighted by Crippen LogP contribution is -2.24. The second-order valence-corrected chi connectivity index (χ2v) is 5.48. The Bertz CT molecular complexity index is 881. The first-order valence-corrected chi connectivity index (χ1v) is 7.82. The van der Waals surface area contributed by atoms with E-state index in [9.17, 15) is 14.4 Å². The van der Waals surface area contributed by atoms with Gasteiger partial charge in [-0.05, 0) is 31.4 Å². The molecular weight excluding hydrogens is 314 g/mol. The third-order valence-corrected chi connectivity index (χ3v) is 3.83. The highest BCUT2D eigenvalue weighted by molar-refractivity contribution is 7.98. The van der Waals surface area contributed by atoms with Crippen LogP contribution in [0.4, 0.5) is 5.69 Å². The lowest BCUT2D eigenvalue weighted by molar-refractivity contribution is 0.101. The minimum Gasteiger partial charge on any atom is -0.322 e. The van der Waals surface area contributed by atoms with Crippen LogP contribution in [0, 0.1) is 11.3 Å². The summed E-state index contributed by atoms with van der Waals surface area (Å²) < 4.78 is 0. The number of amides is 1. The molecule has 1 aromatic heterocycles. The fourth-order valence-corrected chi connectivity index (χ4v) is 2.46. The first-order valence-electron chi connectivity index (χ1n) is 6.60.